The Bertz CT molecular complexity index is 324. The van der Waals surface area contributed by atoms with E-state index in [1.807, 2.05) is 0 Å². The van der Waals surface area contributed by atoms with Crippen LogP contribution in [0.25, 0.3) is 0 Å². The van der Waals surface area contributed by atoms with Gasteiger partial charge in [0, 0.05) is 25.0 Å². The van der Waals surface area contributed by atoms with Crippen LogP contribution in [0.15, 0.2) is 18.2 Å². The summed E-state index contributed by atoms with van der Waals surface area (Å²) in [5, 5.41) is 0. The van der Waals surface area contributed by atoms with Crippen LogP contribution in [0.2, 0.25) is 0 Å². The number of rotatable bonds is 7. The van der Waals surface area contributed by atoms with Crippen molar-refractivity contribution in [1.29, 1.82) is 0 Å². The first-order chi connectivity index (χ1) is 8.15. The van der Waals surface area contributed by atoms with Gasteiger partial charge >= 0.3 is 0 Å². The molecule has 1 aromatic carbocycles. The van der Waals surface area contributed by atoms with E-state index in [9.17, 15) is 8.78 Å². The second kappa shape index (κ2) is 7.62. The first-order valence-corrected chi connectivity index (χ1v) is 6.42. The van der Waals surface area contributed by atoms with E-state index in [-0.39, 0.29) is 0 Å². The fourth-order valence-electron chi connectivity index (χ4n) is 1.73. The maximum absolute atomic E-state index is 13.0. The monoisotopic (exact) mass is 261 g/mol. The van der Waals surface area contributed by atoms with E-state index in [4.69, 9.17) is 11.6 Å². The first-order valence-electron chi connectivity index (χ1n) is 5.89. The average molecular weight is 262 g/mol. The minimum absolute atomic E-state index is 0.527. The van der Waals surface area contributed by atoms with Crippen molar-refractivity contribution in [1.82, 2.24) is 4.90 Å². The van der Waals surface area contributed by atoms with Crippen molar-refractivity contribution in [3.8, 4) is 0 Å². The molecule has 0 N–H and O–H groups in total. The molecule has 0 fully saturated rings. The second-order valence-electron chi connectivity index (χ2n) is 4.10. The van der Waals surface area contributed by atoms with Gasteiger partial charge in [-0.05, 0) is 30.7 Å². The summed E-state index contributed by atoms with van der Waals surface area (Å²) in [7, 11) is 0. The summed E-state index contributed by atoms with van der Waals surface area (Å²) in [6.07, 6.45) is 2.16. The molecule has 0 amide bonds. The predicted molar refractivity (Wildman–Crippen MR) is 67.3 cm³/mol. The van der Waals surface area contributed by atoms with Gasteiger partial charge in [-0.2, -0.15) is 0 Å². The Morgan fingerprint density at radius 3 is 2.29 bits per heavy atom. The van der Waals surface area contributed by atoms with Gasteiger partial charge in [0.25, 0.3) is 0 Å². The van der Waals surface area contributed by atoms with Crippen molar-refractivity contribution < 1.29 is 8.78 Å². The van der Waals surface area contributed by atoms with Crippen LogP contribution in [-0.4, -0.2) is 23.9 Å². The molecule has 0 aromatic heterocycles. The lowest BCUT2D eigenvalue weighted by atomic mass is 10.2. The number of unbranched alkanes of at least 4 members (excludes halogenated alkanes) is 1. The fraction of sp³-hybridized carbons (Fsp3) is 0.538. The van der Waals surface area contributed by atoms with Crippen molar-refractivity contribution in [3.05, 3.63) is 35.4 Å². The highest BCUT2D eigenvalue weighted by Gasteiger charge is 2.07. The maximum Gasteiger partial charge on any atom is 0.126 e. The van der Waals surface area contributed by atoms with Gasteiger partial charge in [0.15, 0.2) is 0 Å². The molecule has 0 saturated heterocycles. The molecule has 0 saturated carbocycles. The number of nitrogens with zero attached hydrogens (tertiary/aromatic N) is 1. The third-order valence-electron chi connectivity index (χ3n) is 2.56. The quantitative estimate of drug-likeness (QED) is 0.675. The van der Waals surface area contributed by atoms with Crippen LogP contribution in [0.1, 0.15) is 25.3 Å². The SMILES string of the molecule is CCCCN(CCCl)Cc1cc(F)cc(F)c1. The van der Waals surface area contributed by atoms with Gasteiger partial charge in [0.2, 0.25) is 0 Å². The second-order valence-corrected chi connectivity index (χ2v) is 4.47. The Hall–Kier alpha value is -0.670. The highest BCUT2D eigenvalue weighted by molar-refractivity contribution is 6.18. The van der Waals surface area contributed by atoms with E-state index in [2.05, 4.69) is 11.8 Å². The standard InChI is InChI=1S/C13H18ClF2N/c1-2-3-5-17(6-4-14)10-11-7-12(15)9-13(16)8-11/h7-9H,2-6,10H2,1H3. The Morgan fingerprint density at radius 2 is 1.76 bits per heavy atom. The molecular formula is C13H18ClF2N. The minimum Gasteiger partial charge on any atom is -0.298 e. The average Bonchev–Trinajstić information content (AvgIpc) is 2.24. The molecule has 1 rings (SSSR count). The molecule has 1 aromatic rings. The summed E-state index contributed by atoms with van der Waals surface area (Å²) in [4.78, 5) is 2.12. The smallest absolute Gasteiger partial charge is 0.126 e. The van der Waals surface area contributed by atoms with Crippen LogP contribution in [0.4, 0.5) is 8.78 Å². The zero-order valence-corrected chi connectivity index (χ0v) is 10.8. The van der Waals surface area contributed by atoms with Gasteiger partial charge in [-0.3, -0.25) is 4.90 Å². The number of halogens is 3. The molecule has 4 heteroatoms. The van der Waals surface area contributed by atoms with Gasteiger partial charge < -0.3 is 0 Å². The molecular weight excluding hydrogens is 244 g/mol. The lowest BCUT2D eigenvalue weighted by molar-refractivity contribution is 0.276. The summed E-state index contributed by atoms with van der Waals surface area (Å²) in [5.41, 5.74) is 0.656. The molecule has 0 bridgehead atoms. The van der Waals surface area contributed by atoms with E-state index >= 15 is 0 Å². The van der Waals surface area contributed by atoms with Crippen LogP contribution in [0.5, 0.6) is 0 Å². The van der Waals surface area contributed by atoms with Gasteiger partial charge in [-0.1, -0.05) is 13.3 Å². The van der Waals surface area contributed by atoms with Crippen LogP contribution in [0.3, 0.4) is 0 Å². The lowest BCUT2D eigenvalue weighted by Gasteiger charge is -2.21. The summed E-state index contributed by atoms with van der Waals surface area (Å²) in [6.45, 7) is 4.29. The molecule has 0 aliphatic carbocycles. The topological polar surface area (TPSA) is 3.24 Å². The summed E-state index contributed by atoms with van der Waals surface area (Å²) >= 11 is 5.71. The molecule has 0 atom stereocenters. The molecule has 1 nitrogen and oxygen atoms in total. The van der Waals surface area contributed by atoms with E-state index in [0.29, 0.717) is 18.0 Å². The normalized spacial score (nSPS) is 11.1. The van der Waals surface area contributed by atoms with Crippen molar-refractivity contribution in [2.75, 3.05) is 19.0 Å². The molecule has 0 unspecified atom stereocenters. The minimum atomic E-state index is -0.527. The summed E-state index contributed by atoms with van der Waals surface area (Å²) < 4.78 is 26.1. The number of alkyl halides is 1. The fourth-order valence-corrected chi connectivity index (χ4v) is 1.97. The molecule has 96 valence electrons. The predicted octanol–water partition coefficient (Wildman–Crippen LogP) is 3.81. The van der Waals surface area contributed by atoms with Crippen molar-refractivity contribution >= 4 is 11.6 Å². The van der Waals surface area contributed by atoms with Crippen molar-refractivity contribution in [2.45, 2.75) is 26.3 Å². The highest BCUT2D eigenvalue weighted by Crippen LogP contribution is 2.11. The maximum atomic E-state index is 13.0. The summed E-state index contributed by atoms with van der Waals surface area (Å²) in [5.74, 6) is -0.524. The Balaban J connectivity index is 2.63. The Kier molecular flexibility index (Phi) is 6.45. The van der Waals surface area contributed by atoms with Gasteiger partial charge in [-0.15, -0.1) is 11.6 Å². The third kappa shape index (κ3) is 5.46. The van der Waals surface area contributed by atoms with Crippen LogP contribution >= 0.6 is 11.6 Å². The van der Waals surface area contributed by atoms with E-state index < -0.39 is 11.6 Å². The summed E-state index contributed by atoms with van der Waals surface area (Å²) in [6, 6.07) is 3.63. The Labute approximate surface area is 106 Å². The first kappa shape index (κ1) is 14.4. The molecule has 0 aliphatic rings. The molecule has 0 heterocycles. The highest BCUT2D eigenvalue weighted by atomic mass is 35.5. The number of hydrogen-bond acceptors (Lipinski definition) is 1. The van der Waals surface area contributed by atoms with Crippen LogP contribution in [0, 0.1) is 11.6 Å². The largest absolute Gasteiger partial charge is 0.298 e. The van der Waals surface area contributed by atoms with E-state index in [0.717, 1.165) is 32.0 Å². The van der Waals surface area contributed by atoms with Gasteiger partial charge in [0.1, 0.15) is 11.6 Å². The zero-order valence-electron chi connectivity index (χ0n) is 10.1. The van der Waals surface area contributed by atoms with E-state index in [1.54, 1.807) is 0 Å². The van der Waals surface area contributed by atoms with Crippen LogP contribution in [-0.2, 0) is 6.54 Å². The van der Waals surface area contributed by atoms with E-state index in [1.165, 1.54) is 12.1 Å². The molecule has 0 aliphatic heterocycles. The van der Waals surface area contributed by atoms with Gasteiger partial charge in [0.05, 0.1) is 0 Å². The molecule has 17 heavy (non-hydrogen) atoms. The lowest BCUT2D eigenvalue weighted by Crippen LogP contribution is -2.26. The zero-order chi connectivity index (χ0) is 12.7. The number of hydrogen-bond donors (Lipinski definition) is 0. The molecule has 0 spiro atoms. The van der Waals surface area contributed by atoms with Crippen LogP contribution < -0.4 is 0 Å². The third-order valence-corrected chi connectivity index (χ3v) is 2.73. The Morgan fingerprint density at radius 1 is 1.12 bits per heavy atom. The molecule has 0 radical (unpaired) electrons. The van der Waals surface area contributed by atoms with Crippen molar-refractivity contribution in [2.24, 2.45) is 0 Å². The van der Waals surface area contributed by atoms with Gasteiger partial charge in [-0.25, -0.2) is 8.78 Å². The number of benzene rings is 1. The van der Waals surface area contributed by atoms with Crippen molar-refractivity contribution in [3.63, 3.8) is 0 Å².